The van der Waals surface area contributed by atoms with Gasteiger partial charge in [0, 0.05) is 18.4 Å². The summed E-state index contributed by atoms with van der Waals surface area (Å²) >= 11 is 0. The van der Waals surface area contributed by atoms with E-state index in [1.54, 1.807) is 0 Å². The number of carbonyl (C=O) groups is 2. The Labute approximate surface area is 94.4 Å². The molecule has 0 aromatic carbocycles. The number of hydrogen-bond acceptors (Lipinski definition) is 3. The highest BCUT2D eigenvalue weighted by Gasteiger charge is 2.48. The van der Waals surface area contributed by atoms with Crippen LogP contribution in [0.5, 0.6) is 0 Å². The third kappa shape index (κ3) is 1.75. The first-order chi connectivity index (χ1) is 7.62. The smallest absolute Gasteiger partial charge is 0.324 e. The molecule has 0 aromatic rings. The summed E-state index contributed by atoms with van der Waals surface area (Å²) in [5.74, 6) is -0.142. The van der Waals surface area contributed by atoms with Gasteiger partial charge in [0.05, 0.1) is 6.07 Å². The molecule has 1 heterocycles. The summed E-state index contributed by atoms with van der Waals surface area (Å²) in [6.45, 7) is 2.27. The zero-order valence-corrected chi connectivity index (χ0v) is 9.32. The maximum absolute atomic E-state index is 11.8. The molecule has 0 radical (unpaired) electrons. The average Bonchev–Trinajstić information content (AvgIpc) is 2.96. The van der Waals surface area contributed by atoms with Crippen molar-refractivity contribution < 1.29 is 9.59 Å². The molecule has 86 valence electrons. The lowest BCUT2D eigenvalue weighted by atomic mass is 10.0. The summed E-state index contributed by atoms with van der Waals surface area (Å²) in [5, 5.41) is 11.3. The Kier molecular flexibility index (Phi) is 2.58. The van der Waals surface area contributed by atoms with Gasteiger partial charge in [-0.3, -0.25) is 9.69 Å². The molecule has 0 spiro atoms. The van der Waals surface area contributed by atoms with Gasteiger partial charge in [-0.2, -0.15) is 5.26 Å². The van der Waals surface area contributed by atoms with Crippen molar-refractivity contribution in [3.8, 4) is 6.07 Å². The van der Waals surface area contributed by atoms with Crippen LogP contribution in [0.2, 0.25) is 0 Å². The van der Waals surface area contributed by atoms with Crippen LogP contribution in [0, 0.1) is 16.7 Å². The van der Waals surface area contributed by atoms with E-state index < -0.39 is 0 Å². The minimum Gasteiger partial charge on any atom is -0.326 e. The van der Waals surface area contributed by atoms with Crippen LogP contribution < -0.4 is 5.32 Å². The number of rotatable bonds is 4. The number of nitrogens with one attached hydrogen (secondary N) is 1. The summed E-state index contributed by atoms with van der Waals surface area (Å²) in [5.41, 5.74) is -0.107. The zero-order chi connectivity index (χ0) is 11.8. The van der Waals surface area contributed by atoms with Gasteiger partial charge in [-0.1, -0.05) is 6.92 Å². The molecule has 3 amide bonds. The van der Waals surface area contributed by atoms with Gasteiger partial charge in [0.15, 0.2) is 0 Å². The molecule has 1 N–H and O–H groups in total. The van der Waals surface area contributed by atoms with Crippen molar-refractivity contribution in [2.24, 2.45) is 5.41 Å². The summed E-state index contributed by atoms with van der Waals surface area (Å²) < 4.78 is 0. The van der Waals surface area contributed by atoms with E-state index in [-0.39, 0.29) is 23.4 Å². The molecule has 2 aliphatic rings. The fraction of sp³-hybridized carbons (Fsp3) is 0.727. The van der Waals surface area contributed by atoms with E-state index in [0.29, 0.717) is 19.4 Å². The average molecular weight is 221 g/mol. The number of nitrogens with zero attached hydrogens (tertiary/aromatic N) is 2. The predicted molar refractivity (Wildman–Crippen MR) is 56.2 cm³/mol. The number of imide groups is 1. The van der Waals surface area contributed by atoms with Crippen LogP contribution in [0.15, 0.2) is 0 Å². The highest BCUT2D eigenvalue weighted by atomic mass is 16.2. The van der Waals surface area contributed by atoms with E-state index in [4.69, 9.17) is 5.26 Å². The third-order valence-electron chi connectivity index (χ3n) is 3.42. The minimum atomic E-state index is -0.370. The molecule has 0 bridgehead atoms. The van der Waals surface area contributed by atoms with E-state index >= 15 is 0 Å². The normalized spacial score (nSPS) is 26.5. The Bertz CT molecular complexity index is 368. The van der Waals surface area contributed by atoms with Crippen molar-refractivity contribution in [1.82, 2.24) is 10.2 Å². The predicted octanol–water partition coefficient (Wildman–Crippen LogP) is 1.01. The molecule has 1 unspecified atom stereocenters. The number of nitriles is 1. The molecule has 0 aromatic heterocycles. The van der Waals surface area contributed by atoms with Crippen LogP contribution in [-0.2, 0) is 4.79 Å². The van der Waals surface area contributed by atoms with Gasteiger partial charge in [0.1, 0.15) is 6.04 Å². The highest BCUT2D eigenvalue weighted by Crippen LogP contribution is 2.49. The second kappa shape index (κ2) is 3.78. The standard InChI is InChI=1S/C11H15N3O2/c1-2-8-9(15)14(10(16)13-8)7-11(3-4-11)5-6-12/h8H,2-5,7H2,1H3,(H,13,16). The Hall–Kier alpha value is -1.57. The summed E-state index contributed by atoms with van der Waals surface area (Å²) in [6.07, 6.45) is 2.93. The van der Waals surface area contributed by atoms with Crippen LogP contribution in [0.1, 0.15) is 32.6 Å². The van der Waals surface area contributed by atoms with E-state index in [1.807, 2.05) is 6.92 Å². The monoisotopic (exact) mass is 221 g/mol. The number of hydrogen-bond donors (Lipinski definition) is 1. The maximum atomic E-state index is 11.8. The first-order valence-electron chi connectivity index (χ1n) is 5.61. The maximum Gasteiger partial charge on any atom is 0.324 e. The Morgan fingerprint density at radius 1 is 1.56 bits per heavy atom. The van der Waals surface area contributed by atoms with E-state index in [0.717, 1.165) is 12.8 Å². The third-order valence-corrected chi connectivity index (χ3v) is 3.42. The van der Waals surface area contributed by atoms with Crippen molar-refractivity contribution in [1.29, 1.82) is 5.26 Å². The number of carbonyl (C=O) groups excluding carboxylic acids is 2. The largest absolute Gasteiger partial charge is 0.326 e. The van der Waals surface area contributed by atoms with Gasteiger partial charge < -0.3 is 5.32 Å². The quantitative estimate of drug-likeness (QED) is 0.720. The molecule has 5 heteroatoms. The van der Waals surface area contributed by atoms with Crippen molar-refractivity contribution in [3.05, 3.63) is 0 Å². The lowest BCUT2D eigenvalue weighted by molar-refractivity contribution is -0.128. The van der Waals surface area contributed by atoms with Gasteiger partial charge in [-0.25, -0.2) is 4.79 Å². The SMILES string of the molecule is CCC1NC(=O)N(CC2(CC#N)CC2)C1=O. The van der Waals surface area contributed by atoms with Crippen LogP contribution in [0.3, 0.4) is 0 Å². The molecule has 16 heavy (non-hydrogen) atoms. The molecule has 1 atom stereocenters. The second-order valence-electron chi connectivity index (χ2n) is 4.67. The molecule has 1 aliphatic carbocycles. The van der Waals surface area contributed by atoms with E-state index in [9.17, 15) is 9.59 Å². The fourth-order valence-electron chi connectivity index (χ4n) is 2.07. The summed E-state index contributed by atoms with van der Waals surface area (Å²) in [7, 11) is 0. The number of amides is 3. The van der Waals surface area contributed by atoms with Crippen LogP contribution >= 0.6 is 0 Å². The Morgan fingerprint density at radius 3 is 2.69 bits per heavy atom. The molecule has 1 saturated heterocycles. The fourth-order valence-corrected chi connectivity index (χ4v) is 2.07. The van der Waals surface area contributed by atoms with Crippen molar-refractivity contribution in [2.75, 3.05) is 6.54 Å². The van der Waals surface area contributed by atoms with Crippen LogP contribution in [-0.4, -0.2) is 29.4 Å². The zero-order valence-electron chi connectivity index (χ0n) is 9.32. The van der Waals surface area contributed by atoms with E-state index in [1.165, 1.54) is 4.90 Å². The Balaban J connectivity index is 2.03. The summed E-state index contributed by atoms with van der Waals surface area (Å²) in [6, 6.07) is 1.46. The second-order valence-corrected chi connectivity index (χ2v) is 4.67. The molecular formula is C11H15N3O2. The summed E-state index contributed by atoms with van der Waals surface area (Å²) in [4.78, 5) is 24.7. The van der Waals surface area contributed by atoms with E-state index in [2.05, 4.69) is 11.4 Å². The molecular weight excluding hydrogens is 206 g/mol. The van der Waals surface area contributed by atoms with Gasteiger partial charge in [0.2, 0.25) is 0 Å². The van der Waals surface area contributed by atoms with Gasteiger partial charge in [0.25, 0.3) is 5.91 Å². The Morgan fingerprint density at radius 2 is 2.25 bits per heavy atom. The topological polar surface area (TPSA) is 73.2 Å². The first kappa shape index (κ1) is 10.9. The first-order valence-corrected chi connectivity index (χ1v) is 5.61. The van der Waals surface area contributed by atoms with Crippen molar-refractivity contribution in [2.45, 2.75) is 38.6 Å². The van der Waals surface area contributed by atoms with Gasteiger partial charge in [-0.15, -0.1) is 0 Å². The lowest BCUT2D eigenvalue weighted by Gasteiger charge is -2.18. The van der Waals surface area contributed by atoms with Crippen molar-refractivity contribution in [3.63, 3.8) is 0 Å². The highest BCUT2D eigenvalue weighted by molar-refractivity contribution is 6.04. The minimum absolute atomic E-state index is 0.107. The van der Waals surface area contributed by atoms with Crippen LogP contribution in [0.4, 0.5) is 4.79 Å². The van der Waals surface area contributed by atoms with Gasteiger partial charge >= 0.3 is 6.03 Å². The molecule has 2 fully saturated rings. The molecule has 1 aliphatic heterocycles. The lowest BCUT2D eigenvalue weighted by Crippen LogP contribution is -2.36. The van der Waals surface area contributed by atoms with Gasteiger partial charge in [-0.05, 0) is 19.3 Å². The van der Waals surface area contributed by atoms with Crippen LogP contribution in [0.25, 0.3) is 0 Å². The number of urea groups is 1. The molecule has 2 rings (SSSR count). The molecule has 5 nitrogen and oxygen atoms in total. The van der Waals surface area contributed by atoms with Crippen molar-refractivity contribution >= 4 is 11.9 Å². The molecule has 1 saturated carbocycles.